The first-order valence-corrected chi connectivity index (χ1v) is 7.15. The van der Waals surface area contributed by atoms with E-state index < -0.39 is 0 Å². The third-order valence-electron chi connectivity index (χ3n) is 2.66. The van der Waals surface area contributed by atoms with E-state index in [1.165, 1.54) is 5.56 Å². The van der Waals surface area contributed by atoms with E-state index in [9.17, 15) is 0 Å². The van der Waals surface area contributed by atoms with Gasteiger partial charge in [0.2, 0.25) is 0 Å². The maximum absolute atomic E-state index is 4.28. The first-order valence-electron chi connectivity index (χ1n) is 6.29. The summed E-state index contributed by atoms with van der Waals surface area (Å²) in [5.74, 6) is 0. The summed E-state index contributed by atoms with van der Waals surface area (Å²) < 4.78 is 0.782. The van der Waals surface area contributed by atoms with Gasteiger partial charge in [-0.15, -0.1) is 0 Å². The molecule has 0 unspecified atom stereocenters. The molecule has 5 heteroatoms. The summed E-state index contributed by atoms with van der Waals surface area (Å²) in [5.41, 5.74) is 5.85. The van der Waals surface area contributed by atoms with Gasteiger partial charge in [0.25, 0.3) is 0 Å². The van der Waals surface area contributed by atoms with Crippen LogP contribution in [-0.4, -0.2) is 30.9 Å². The van der Waals surface area contributed by atoms with Crippen LogP contribution in [0, 0.1) is 0 Å². The molecule has 1 heterocycles. The fourth-order valence-electron chi connectivity index (χ4n) is 1.59. The molecule has 0 radical (unpaired) electrons. The number of benzene rings is 1. The van der Waals surface area contributed by atoms with Gasteiger partial charge in [-0.2, -0.15) is 0 Å². The monoisotopic (exact) mass is 332 g/mol. The summed E-state index contributed by atoms with van der Waals surface area (Å²) in [4.78, 5) is 4.24. The Balaban J connectivity index is 1.83. The standard InChI is InChI=1S/C15H16N4Se/c1-12(14-9-5-6-10-16-14)18-19-15(20)17-11-13-7-3-2-4-8-13/h2-10H,11H2,1H3,(H2,17,19,20). The normalized spacial score (nSPS) is 10.9. The number of hydrogen-bond acceptors (Lipinski definition) is 4. The van der Waals surface area contributed by atoms with Crippen LogP contribution >= 0.6 is 0 Å². The molecule has 0 saturated heterocycles. The van der Waals surface area contributed by atoms with Crippen LogP contribution in [0.4, 0.5) is 0 Å². The van der Waals surface area contributed by atoms with E-state index in [1.54, 1.807) is 6.20 Å². The predicted octanol–water partition coefficient (Wildman–Crippen LogP) is 1.44. The minimum atomic E-state index is 0.744. The van der Waals surface area contributed by atoms with Gasteiger partial charge in [0.1, 0.15) is 0 Å². The first-order chi connectivity index (χ1) is 9.75. The third kappa shape index (κ3) is 4.61. The van der Waals surface area contributed by atoms with Crippen molar-refractivity contribution >= 4 is 26.0 Å². The van der Waals surface area contributed by atoms with Crippen molar-refractivity contribution in [3.8, 4) is 0 Å². The zero-order valence-electron chi connectivity index (χ0n) is 11.2. The Bertz CT molecular complexity index is 581. The molecule has 0 aliphatic rings. The van der Waals surface area contributed by atoms with Gasteiger partial charge in [0.15, 0.2) is 0 Å². The molecule has 0 atom stereocenters. The molecule has 0 amide bonds. The van der Waals surface area contributed by atoms with E-state index in [2.05, 4.69) is 48.5 Å². The number of hydrazone groups is 1. The van der Waals surface area contributed by atoms with Crippen LogP contribution in [0.3, 0.4) is 0 Å². The van der Waals surface area contributed by atoms with Gasteiger partial charge in [0, 0.05) is 0 Å². The molecule has 0 fully saturated rings. The number of hydrogen-bond donors (Lipinski definition) is 2. The van der Waals surface area contributed by atoms with Crippen molar-refractivity contribution in [3.05, 3.63) is 66.0 Å². The van der Waals surface area contributed by atoms with Gasteiger partial charge >= 0.3 is 126 Å². The van der Waals surface area contributed by atoms with E-state index in [0.29, 0.717) is 0 Å². The molecular formula is C15H16N4Se. The van der Waals surface area contributed by atoms with E-state index in [-0.39, 0.29) is 0 Å². The quantitative estimate of drug-likeness (QED) is 0.478. The first kappa shape index (κ1) is 14.4. The van der Waals surface area contributed by atoms with Gasteiger partial charge in [-0.05, 0) is 0 Å². The average Bonchev–Trinajstić information content (AvgIpc) is 2.52. The SMILES string of the molecule is CC(=NNC(=[Se])NCc1ccccc1)c1ccccn1. The molecule has 0 bridgehead atoms. The van der Waals surface area contributed by atoms with Crippen LogP contribution in [-0.2, 0) is 6.54 Å². The number of aromatic nitrogens is 1. The molecule has 1 aromatic heterocycles. The molecule has 2 rings (SSSR count). The van der Waals surface area contributed by atoms with Crippen molar-refractivity contribution in [2.24, 2.45) is 5.10 Å². The van der Waals surface area contributed by atoms with Crippen LogP contribution in [0.25, 0.3) is 0 Å². The van der Waals surface area contributed by atoms with Gasteiger partial charge in [-0.1, -0.05) is 0 Å². The van der Waals surface area contributed by atoms with Gasteiger partial charge in [-0.25, -0.2) is 0 Å². The fourth-order valence-corrected chi connectivity index (χ4v) is 1.83. The van der Waals surface area contributed by atoms with Crippen molar-refractivity contribution in [2.75, 3.05) is 0 Å². The van der Waals surface area contributed by atoms with Crippen LogP contribution in [0.2, 0.25) is 0 Å². The van der Waals surface area contributed by atoms with Crippen LogP contribution in [0.1, 0.15) is 18.2 Å². The molecule has 0 aliphatic carbocycles. The second-order valence-corrected chi connectivity index (χ2v) is 5.05. The Morgan fingerprint density at radius 2 is 1.90 bits per heavy atom. The molecule has 0 spiro atoms. The number of rotatable bonds is 6. The summed E-state index contributed by atoms with van der Waals surface area (Å²) in [5, 5.41) is 7.51. The zero-order chi connectivity index (χ0) is 14.2. The van der Waals surface area contributed by atoms with Gasteiger partial charge in [-0.3, -0.25) is 0 Å². The van der Waals surface area contributed by atoms with E-state index >= 15 is 0 Å². The van der Waals surface area contributed by atoms with Crippen LogP contribution in [0.15, 0.2) is 59.8 Å². The zero-order valence-corrected chi connectivity index (χ0v) is 12.9. The molecule has 0 saturated carbocycles. The Hall–Kier alpha value is -1.97. The summed E-state index contributed by atoms with van der Waals surface area (Å²) in [6.07, 6.45) is 1.75. The van der Waals surface area contributed by atoms with E-state index in [0.717, 1.165) is 22.6 Å². The number of nitrogens with one attached hydrogen (secondary N) is 2. The molecule has 2 N–H and O–H groups in total. The predicted molar refractivity (Wildman–Crippen MR) is 83.6 cm³/mol. The van der Waals surface area contributed by atoms with E-state index in [1.807, 2.05) is 43.3 Å². The topological polar surface area (TPSA) is 49.3 Å². The molecule has 0 aliphatic heterocycles. The van der Waals surface area contributed by atoms with Crippen molar-refractivity contribution in [2.45, 2.75) is 13.5 Å². The van der Waals surface area contributed by atoms with Gasteiger partial charge in [0.05, 0.1) is 0 Å². The van der Waals surface area contributed by atoms with Crippen molar-refractivity contribution in [1.82, 2.24) is 15.7 Å². The second kappa shape index (κ2) is 7.58. The molecule has 1 aromatic carbocycles. The Morgan fingerprint density at radius 1 is 1.15 bits per heavy atom. The van der Waals surface area contributed by atoms with E-state index in [4.69, 9.17) is 0 Å². The summed E-state index contributed by atoms with van der Waals surface area (Å²) in [6.45, 7) is 2.66. The molecule has 4 nitrogen and oxygen atoms in total. The van der Waals surface area contributed by atoms with Crippen molar-refractivity contribution in [1.29, 1.82) is 0 Å². The Morgan fingerprint density at radius 3 is 2.60 bits per heavy atom. The number of pyridine rings is 1. The molecule has 102 valence electrons. The van der Waals surface area contributed by atoms with Crippen LogP contribution < -0.4 is 10.7 Å². The molecule has 20 heavy (non-hydrogen) atoms. The Kier molecular flexibility index (Phi) is 5.47. The maximum atomic E-state index is 4.28. The average molecular weight is 331 g/mol. The second-order valence-electron chi connectivity index (χ2n) is 4.19. The summed E-state index contributed by atoms with van der Waals surface area (Å²) >= 11 is 2.92. The molecule has 2 aromatic rings. The van der Waals surface area contributed by atoms with Gasteiger partial charge < -0.3 is 0 Å². The summed E-state index contributed by atoms with van der Waals surface area (Å²) in [6, 6.07) is 15.9. The van der Waals surface area contributed by atoms with Crippen molar-refractivity contribution < 1.29 is 0 Å². The van der Waals surface area contributed by atoms with Crippen molar-refractivity contribution in [3.63, 3.8) is 0 Å². The Labute approximate surface area is 126 Å². The molecular weight excluding hydrogens is 315 g/mol. The summed E-state index contributed by atoms with van der Waals surface area (Å²) in [7, 11) is 0. The third-order valence-corrected chi connectivity index (χ3v) is 3.15. The van der Waals surface area contributed by atoms with Crippen LogP contribution in [0.5, 0.6) is 0 Å². The number of nitrogens with zero attached hydrogens (tertiary/aromatic N) is 2. The fraction of sp³-hybridized carbons (Fsp3) is 0.133. The minimum absolute atomic E-state index is 0.744.